The first-order valence-corrected chi connectivity index (χ1v) is 6.22. The van der Waals surface area contributed by atoms with Gasteiger partial charge in [0.2, 0.25) is 0 Å². The van der Waals surface area contributed by atoms with E-state index < -0.39 is 0 Å². The van der Waals surface area contributed by atoms with Crippen LogP contribution in [0.5, 0.6) is 5.75 Å². The van der Waals surface area contributed by atoms with Gasteiger partial charge in [0.15, 0.2) is 0 Å². The highest BCUT2D eigenvalue weighted by molar-refractivity contribution is 9.09. The number of aromatic hydroxyl groups is 1. The highest BCUT2D eigenvalue weighted by Gasteiger charge is 2.08. The van der Waals surface area contributed by atoms with Gasteiger partial charge in [-0.2, -0.15) is 0 Å². The second-order valence-electron chi connectivity index (χ2n) is 3.25. The van der Waals surface area contributed by atoms with Crippen LogP contribution in [0.1, 0.15) is 5.56 Å². The number of nitrogens with zero attached hydrogens (tertiary/aromatic N) is 1. The molecule has 0 bridgehead atoms. The molecule has 1 aromatic carbocycles. The first-order chi connectivity index (χ1) is 7.74. The van der Waals surface area contributed by atoms with Crippen LogP contribution in [0, 0.1) is 0 Å². The van der Waals surface area contributed by atoms with Crippen molar-refractivity contribution in [1.82, 2.24) is 4.98 Å². The van der Waals surface area contributed by atoms with E-state index in [2.05, 4.69) is 20.9 Å². The first-order valence-electron chi connectivity index (χ1n) is 4.72. The van der Waals surface area contributed by atoms with Gasteiger partial charge in [0.1, 0.15) is 11.3 Å². The van der Waals surface area contributed by atoms with Gasteiger partial charge in [-0.1, -0.05) is 39.7 Å². The zero-order valence-electron chi connectivity index (χ0n) is 8.32. The molecule has 0 atom stereocenters. The Morgan fingerprint density at radius 2 is 2.31 bits per heavy atom. The van der Waals surface area contributed by atoms with Crippen molar-refractivity contribution in [2.45, 2.75) is 0 Å². The summed E-state index contributed by atoms with van der Waals surface area (Å²) in [5, 5.41) is 12.1. The first kappa shape index (κ1) is 11.4. The quantitative estimate of drug-likeness (QED) is 0.850. The minimum absolute atomic E-state index is 0.164. The molecule has 0 radical (unpaired) electrons. The Hall–Kier alpha value is -1.06. The normalized spacial score (nSPS) is 11.4. The van der Waals surface area contributed by atoms with Gasteiger partial charge in [-0.05, 0) is 18.2 Å². The van der Waals surface area contributed by atoms with Crippen LogP contribution in [-0.4, -0.2) is 15.4 Å². The maximum atomic E-state index is 10.0. The molecule has 1 aromatic heterocycles. The Balaban J connectivity index is 2.70. The summed E-state index contributed by atoms with van der Waals surface area (Å²) in [5.41, 5.74) is 1.21. The number of phenols is 1. The number of rotatable bonds is 2. The van der Waals surface area contributed by atoms with Crippen molar-refractivity contribution < 1.29 is 5.11 Å². The van der Waals surface area contributed by atoms with Gasteiger partial charge in [0.25, 0.3) is 0 Å². The van der Waals surface area contributed by atoms with E-state index in [-0.39, 0.29) is 5.75 Å². The number of phenolic OH excluding ortho intramolecular Hbond substituents is 1. The minimum atomic E-state index is 0.164. The Bertz CT molecular complexity index is 554. The number of benzene rings is 1. The van der Waals surface area contributed by atoms with E-state index in [0.29, 0.717) is 16.1 Å². The van der Waals surface area contributed by atoms with Crippen LogP contribution in [0.4, 0.5) is 0 Å². The standard InChI is InChI=1S/C12H9BrClNO/c13-5-1-3-8-7-10(14)9-4-2-6-15-11(9)12(8)16/h1-4,6-7,16H,5H2. The van der Waals surface area contributed by atoms with Crippen LogP contribution < -0.4 is 0 Å². The van der Waals surface area contributed by atoms with Gasteiger partial charge in [-0.3, -0.25) is 4.98 Å². The molecular formula is C12H9BrClNO. The van der Waals surface area contributed by atoms with E-state index >= 15 is 0 Å². The largest absolute Gasteiger partial charge is 0.505 e. The lowest BCUT2D eigenvalue weighted by atomic mass is 10.1. The van der Waals surface area contributed by atoms with Crippen molar-refractivity contribution >= 4 is 44.5 Å². The molecule has 0 unspecified atom stereocenters. The summed E-state index contributed by atoms with van der Waals surface area (Å²) < 4.78 is 0. The molecule has 0 saturated heterocycles. The van der Waals surface area contributed by atoms with Gasteiger partial charge >= 0.3 is 0 Å². The molecule has 0 aliphatic rings. The maximum Gasteiger partial charge on any atom is 0.149 e. The Labute approximate surface area is 107 Å². The second kappa shape index (κ2) is 4.85. The molecule has 1 N–H and O–H groups in total. The molecule has 2 nitrogen and oxygen atoms in total. The average molecular weight is 299 g/mol. The number of hydrogen-bond acceptors (Lipinski definition) is 2. The van der Waals surface area contributed by atoms with Crippen LogP contribution in [0.2, 0.25) is 5.02 Å². The van der Waals surface area contributed by atoms with Gasteiger partial charge in [-0.25, -0.2) is 0 Å². The Kier molecular flexibility index (Phi) is 3.46. The molecule has 0 fully saturated rings. The predicted octanol–water partition coefficient (Wildman–Crippen LogP) is 4.00. The summed E-state index contributed by atoms with van der Waals surface area (Å²) in [7, 11) is 0. The molecule has 82 valence electrons. The summed E-state index contributed by atoms with van der Waals surface area (Å²) in [6, 6.07) is 5.37. The summed E-state index contributed by atoms with van der Waals surface area (Å²) in [4.78, 5) is 4.13. The van der Waals surface area contributed by atoms with Crippen molar-refractivity contribution in [1.29, 1.82) is 0 Å². The second-order valence-corrected chi connectivity index (χ2v) is 4.31. The lowest BCUT2D eigenvalue weighted by Crippen LogP contribution is -1.84. The van der Waals surface area contributed by atoms with Crippen LogP contribution in [0.3, 0.4) is 0 Å². The summed E-state index contributed by atoms with van der Waals surface area (Å²) in [5.74, 6) is 0.164. The summed E-state index contributed by atoms with van der Waals surface area (Å²) in [6.07, 6.45) is 5.33. The van der Waals surface area contributed by atoms with E-state index in [0.717, 1.165) is 10.7 Å². The summed E-state index contributed by atoms with van der Waals surface area (Å²) >= 11 is 9.40. The smallest absolute Gasteiger partial charge is 0.149 e. The number of pyridine rings is 1. The fourth-order valence-corrected chi connectivity index (χ4v) is 1.96. The Morgan fingerprint density at radius 3 is 3.06 bits per heavy atom. The third kappa shape index (κ3) is 2.06. The molecular weight excluding hydrogens is 289 g/mol. The third-order valence-electron chi connectivity index (χ3n) is 2.23. The van der Waals surface area contributed by atoms with Crippen LogP contribution in [-0.2, 0) is 0 Å². The van der Waals surface area contributed by atoms with Crippen molar-refractivity contribution in [2.75, 3.05) is 5.33 Å². The monoisotopic (exact) mass is 297 g/mol. The zero-order chi connectivity index (χ0) is 11.5. The van der Waals surface area contributed by atoms with E-state index in [4.69, 9.17) is 11.6 Å². The SMILES string of the molecule is Oc1c(C=CCBr)cc(Cl)c2cccnc12. The van der Waals surface area contributed by atoms with Crippen molar-refractivity contribution in [3.8, 4) is 5.75 Å². The van der Waals surface area contributed by atoms with Gasteiger partial charge in [0.05, 0.1) is 5.02 Å². The topological polar surface area (TPSA) is 33.1 Å². The van der Waals surface area contributed by atoms with Gasteiger partial charge < -0.3 is 5.11 Å². The van der Waals surface area contributed by atoms with E-state index in [1.165, 1.54) is 0 Å². The van der Waals surface area contributed by atoms with Gasteiger partial charge in [0, 0.05) is 22.5 Å². The fraction of sp³-hybridized carbons (Fsp3) is 0.0833. The third-order valence-corrected chi connectivity index (χ3v) is 2.92. The predicted molar refractivity (Wildman–Crippen MR) is 71.2 cm³/mol. The van der Waals surface area contributed by atoms with Crippen molar-refractivity contribution in [3.63, 3.8) is 0 Å². The van der Waals surface area contributed by atoms with Crippen molar-refractivity contribution in [3.05, 3.63) is 41.1 Å². The number of fused-ring (bicyclic) bond motifs is 1. The highest BCUT2D eigenvalue weighted by Crippen LogP contribution is 2.33. The summed E-state index contributed by atoms with van der Waals surface area (Å²) in [6.45, 7) is 0. The van der Waals surface area contributed by atoms with Crippen molar-refractivity contribution in [2.24, 2.45) is 0 Å². The van der Waals surface area contributed by atoms with E-state index in [1.807, 2.05) is 18.2 Å². The molecule has 0 saturated carbocycles. The minimum Gasteiger partial charge on any atom is -0.505 e. The maximum absolute atomic E-state index is 10.0. The average Bonchev–Trinajstić information content (AvgIpc) is 2.32. The van der Waals surface area contributed by atoms with Crippen LogP contribution in [0.25, 0.3) is 17.0 Å². The lowest BCUT2D eigenvalue weighted by molar-refractivity contribution is 0.479. The number of halogens is 2. The molecule has 1 heterocycles. The number of aromatic nitrogens is 1. The Morgan fingerprint density at radius 1 is 1.50 bits per heavy atom. The molecule has 4 heteroatoms. The number of alkyl halides is 1. The zero-order valence-corrected chi connectivity index (χ0v) is 10.7. The van der Waals surface area contributed by atoms with E-state index in [1.54, 1.807) is 18.3 Å². The van der Waals surface area contributed by atoms with E-state index in [9.17, 15) is 5.11 Å². The highest BCUT2D eigenvalue weighted by atomic mass is 79.9. The fourth-order valence-electron chi connectivity index (χ4n) is 1.50. The lowest BCUT2D eigenvalue weighted by Gasteiger charge is -2.05. The molecule has 2 aromatic rings. The molecule has 0 amide bonds. The molecule has 0 aliphatic heterocycles. The molecule has 0 aliphatic carbocycles. The van der Waals surface area contributed by atoms with Gasteiger partial charge in [-0.15, -0.1) is 0 Å². The van der Waals surface area contributed by atoms with Crippen LogP contribution in [0.15, 0.2) is 30.5 Å². The molecule has 16 heavy (non-hydrogen) atoms. The number of hydrogen-bond donors (Lipinski definition) is 1. The van der Waals surface area contributed by atoms with Crippen LogP contribution >= 0.6 is 27.5 Å². The molecule has 2 rings (SSSR count). The molecule has 0 spiro atoms. The number of allylic oxidation sites excluding steroid dienone is 1.